The molecule has 12 nitrogen and oxygen atoms in total. The quantitative estimate of drug-likeness (QED) is 0.438. The van der Waals surface area contributed by atoms with E-state index in [4.69, 9.17) is 19.2 Å². The number of allylic oxidation sites excluding steroid dienone is 1. The minimum atomic E-state index is -3.70. The maximum absolute atomic E-state index is 12.4. The summed E-state index contributed by atoms with van der Waals surface area (Å²) in [6, 6.07) is 6.97. The van der Waals surface area contributed by atoms with Gasteiger partial charge in [-0.3, -0.25) is 4.72 Å². The van der Waals surface area contributed by atoms with E-state index in [2.05, 4.69) is 48.8 Å². The van der Waals surface area contributed by atoms with Crippen molar-refractivity contribution in [3.8, 4) is 23.0 Å². The number of piperidine rings is 2. The number of anilines is 3. The number of rotatable bonds is 4. The molecule has 218 valence electrons. The Balaban J connectivity index is 1.38. The first-order valence-corrected chi connectivity index (χ1v) is 15.7. The molecule has 0 saturated carbocycles. The Morgan fingerprint density at radius 3 is 2.63 bits per heavy atom. The minimum Gasteiger partial charge on any atom is -0.415 e. The maximum Gasteiger partial charge on any atom is 0.266 e. The Hall–Kier alpha value is -3.55. The van der Waals surface area contributed by atoms with E-state index in [1.54, 1.807) is 30.5 Å². The summed E-state index contributed by atoms with van der Waals surface area (Å²) in [6.45, 7) is 5.39. The lowest BCUT2D eigenvalue weighted by atomic mass is 9.92. The highest BCUT2D eigenvalue weighted by molar-refractivity contribution is 7.92. The fourth-order valence-corrected chi connectivity index (χ4v) is 6.43. The molecule has 8 bridgehead atoms. The lowest BCUT2D eigenvalue weighted by molar-refractivity contribution is -0.0336. The second-order valence-corrected chi connectivity index (χ2v) is 12.9. The van der Waals surface area contributed by atoms with Crippen LogP contribution < -0.4 is 14.5 Å². The molecule has 0 radical (unpaired) electrons. The van der Waals surface area contributed by atoms with Crippen LogP contribution in [-0.2, 0) is 14.8 Å². The van der Waals surface area contributed by atoms with E-state index < -0.39 is 16.6 Å². The number of aromatic nitrogens is 4. The SMILES string of the molecule is CC12CCN(CC1)c1cc(NS(=O)(=O)CCO)ccc1-c1nnc(o1)-c1ccnc(n1)N1CCC(/C=C\CO2)CC1. The Morgan fingerprint density at radius 2 is 1.85 bits per heavy atom. The molecule has 2 N–H and O–H groups in total. The van der Waals surface area contributed by atoms with Crippen molar-refractivity contribution in [3.63, 3.8) is 0 Å². The van der Waals surface area contributed by atoms with Crippen LogP contribution in [0.15, 0.2) is 47.0 Å². The molecule has 0 unspecified atom stereocenters. The molecule has 0 aliphatic carbocycles. The van der Waals surface area contributed by atoms with E-state index in [1.165, 1.54) is 0 Å². The van der Waals surface area contributed by atoms with E-state index in [0.717, 1.165) is 44.5 Å². The summed E-state index contributed by atoms with van der Waals surface area (Å²) in [4.78, 5) is 13.6. The first kappa shape index (κ1) is 27.6. The molecule has 13 heteroatoms. The molecule has 0 spiro atoms. The van der Waals surface area contributed by atoms with Gasteiger partial charge in [0.25, 0.3) is 5.89 Å². The zero-order valence-electron chi connectivity index (χ0n) is 23.1. The van der Waals surface area contributed by atoms with Gasteiger partial charge in [-0.2, -0.15) is 0 Å². The topological polar surface area (TPSA) is 147 Å². The van der Waals surface area contributed by atoms with Crippen LogP contribution in [0.4, 0.5) is 17.3 Å². The van der Waals surface area contributed by atoms with Crippen molar-refractivity contribution in [1.82, 2.24) is 20.2 Å². The molecular formula is C28H35N7O5S. The predicted octanol–water partition coefficient (Wildman–Crippen LogP) is 3.09. The van der Waals surface area contributed by atoms with Crippen molar-refractivity contribution in [3.05, 3.63) is 42.6 Å². The standard InChI is InChI=1S/C28H35N7O5S/c1-28-9-14-34(15-10-28)24-19-21(33-41(37,38)18-16-36)4-5-22(24)25-31-32-26(40-25)23-6-11-29-27(30-23)35-12-7-20(8-13-35)3-2-17-39-28/h2-6,11,19-20,33,36H,7-10,12-18H2,1H3/b3-2-. The zero-order chi connectivity index (χ0) is 28.5. The van der Waals surface area contributed by atoms with Crippen molar-refractivity contribution >= 4 is 27.3 Å². The third-order valence-electron chi connectivity index (χ3n) is 8.07. The second kappa shape index (κ2) is 11.4. The predicted molar refractivity (Wildman–Crippen MR) is 155 cm³/mol. The number of benzene rings is 1. The Kier molecular flexibility index (Phi) is 7.66. The van der Waals surface area contributed by atoms with Gasteiger partial charge in [-0.15, -0.1) is 10.2 Å². The third kappa shape index (κ3) is 6.21. The summed E-state index contributed by atoms with van der Waals surface area (Å²) in [6.07, 6.45) is 9.79. The molecule has 8 heterocycles. The number of sulfonamides is 1. The van der Waals surface area contributed by atoms with E-state index in [0.29, 0.717) is 54.4 Å². The molecule has 6 aliphatic heterocycles. The molecule has 41 heavy (non-hydrogen) atoms. The summed E-state index contributed by atoms with van der Waals surface area (Å²) in [5, 5.41) is 17.8. The summed E-state index contributed by atoms with van der Waals surface area (Å²) in [5.74, 6) is 1.35. The molecule has 2 saturated heterocycles. The van der Waals surface area contributed by atoms with E-state index in [9.17, 15) is 8.42 Å². The van der Waals surface area contributed by atoms with Crippen LogP contribution in [0, 0.1) is 5.92 Å². The lowest BCUT2D eigenvalue weighted by Crippen LogP contribution is -2.44. The average Bonchev–Trinajstić information content (AvgIpc) is 3.46. The molecule has 0 amide bonds. The second-order valence-electron chi connectivity index (χ2n) is 11.0. The number of nitrogens with zero attached hydrogens (tertiary/aromatic N) is 6. The maximum atomic E-state index is 12.4. The highest BCUT2D eigenvalue weighted by Gasteiger charge is 2.32. The summed E-state index contributed by atoms with van der Waals surface area (Å²) in [7, 11) is -3.70. The molecule has 6 aliphatic rings. The largest absolute Gasteiger partial charge is 0.415 e. The number of nitrogens with one attached hydrogen (secondary N) is 1. The van der Waals surface area contributed by atoms with Crippen molar-refractivity contribution in [2.75, 3.05) is 59.7 Å². The van der Waals surface area contributed by atoms with E-state index >= 15 is 0 Å². The fourth-order valence-electron chi connectivity index (χ4n) is 5.60. The van der Waals surface area contributed by atoms with Gasteiger partial charge in [0.15, 0.2) is 0 Å². The van der Waals surface area contributed by atoms with E-state index in [-0.39, 0.29) is 17.2 Å². The van der Waals surface area contributed by atoms with Crippen LogP contribution in [0.2, 0.25) is 0 Å². The number of ether oxygens (including phenoxy) is 1. The van der Waals surface area contributed by atoms with Crippen LogP contribution in [0.1, 0.15) is 32.6 Å². The summed E-state index contributed by atoms with van der Waals surface area (Å²) >= 11 is 0. The van der Waals surface area contributed by atoms with E-state index in [1.807, 2.05) is 0 Å². The van der Waals surface area contributed by atoms with Crippen LogP contribution >= 0.6 is 0 Å². The molecule has 9 rings (SSSR count). The number of hydrogen-bond donors (Lipinski definition) is 2. The van der Waals surface area contributed by atoms with Gasteiger partial charge >= 0.3 is 0 Å². The first-order valence-electron chi connectivity index (χ1n) is 14.0. The monoisotopic (exact) mass is 581 g/mol. The highest BCUT2D eigenvalue weighted by Crippen LogP contribution is 2.38. The van der Waals surface area contributed by atoms with Crippen LogP contribution in [0.3, 0.4) is 0 Å². The lowest BCUT2D eigenvalue weighted by Gasteiger charge is -2.40. The summed E-state index contributed by atoms with van der Waals surface area (Å²) < 4.78 is 39.8. The zero-order valence-corrected chi connectivity index (χ0v) is 23.9. The Labute approximate surface area is 239 Å². The number of aliphatic hydroxyl groups is 1. The molecular weight excluding hydrogens is 546 g/mol. The molecule has 2 aromatic heterocycles. The molecule has 1 aromatic carbocycles. The molecule has 3 aromatic rings. The number of hydrogen-bond acceptors (Lipinski definition) is 11. The highest BCUT2D eigenvalue weighted by atomic mass is 32.2. The van der Waals surface area contributed by atoms with Gasteiger partial charge in [0.05, 0.1) is 41.5 Å². The average molecular weight is 582 g/mol. The van der Waals surface area contributed by atoms with Crippen LogP contribution in [-0.4, -0.2) is 84.4 Å². The van der Waals surface area contributed by atoms with Gasteiger partial charge in [0.2, 0.25) is 21.9 Å². The Bertz CT molecular complexity index is 1510. The van der Waals surface area contributed by atoms with Crippen molar-refractivity contribution in [2.24, 2.45) is 5.92 Å². The summed E-state index contributed by atoms with van der Waals surface area (Å²) in [5.41, 5.74) is 2.14. The van der Waals surface area contributed by atoms with Crippen molar-refractivity contribution in [2.45, 2.75) is 38.2 Å². The van der Waals surface area contributed by atoms with Crippen molar-refractivity contribution < 1.29 is 22.7 Å². The minimum absolute atomic E-state index is 0.261. The van der Waals surface area contributed by atoms with Gasteiger partial charge in [0.1, 0.15) is 5.69 Å². The Morgan fingerprint density at radius 1 is 1.07 bits per heavy atom. The van der Waals surface area contributed by atoms with Gasteiger partial charge in [-0.25, -0.2) is 18.4 Å². The van der Waals surface area contributed by atoms with Gasteiger partial charge in [-0.1, -0.05) is 12.2 Å². The van der Waals surface area contributed by atoms with Gasteiger partial charge in [0, 0.05) is 32.4 Å². The fraction of sp³-hybridized carbons (Fsp3) is 0.500. The smallest absolute Gasteiger partial charge is 0.266 e. The molecule has 0 atom stereocenters. The van der Waals surface area contributed by atoms with Gasteiger partial charge in [-0.05, 0) is 62.8 Å². The first-order chi connectivity index (χ1) is 19.8. The third-order valence-corrected chi connectivity index (χ3v) is 9.34. The molecule has 2 fully saturated rings. The van der Waals surface area contributed by atoms with Crippen LogP contribution in [0.25, 0.3) is 23.0 Å². The normalized spacial score (nSPS) is 23.7. The van der Waals surface area contributed by atoms with Crippen LogP contribution in [0.5, 0.6) is 0 Å². The number of aliphatic hydroxyl groups excluding tert-OH is 1. The van der Waals surface area contributed by atoms with Gasteiger partial charge < -0.3 is 24.1 Å². The van der Waals surface area contributed by atoms with Crippen molar-refractivity contribution in [1.29, 1.82) is 0 Å².